The Balaban J connectivity index is 1.82. The fourth-order valence-corrected chi connectivity index (χ4v) is 2.38. The molecule has 0 unspecified atom stereocenters. The van der Waals surface area contributed by atoms with E-state index in [-0.39, 0.29) is 23.9 Å². The van der Waals surface area contributed by atoms with E-state index in [9.17, 15) is 9.18 Å². The van der Waals surface area contributed by atoms with Gasteiger partial charge < -0.3 is 24.6 Å². The lowest BCUT2D eigenvalue weighted by Crippen LogP contribution is -2.20. The largest absolute Gasteiger partial charge is 0.488 e. The molecular formula is C19H20FN5O4. The summed E-state index contributed by atoms with van der Waals surface area (Å²) in [5.74, 6) is 0.664. The number of carbonyl (C=O) groups excluding carboxylic acids is 1. The Labute approximate surface area is 166 Å². The molecule has 0 bridgehead atoms. The first kappa shape index (κ1) is 20.1. The Bertz CT molecular complexity index is 964. The highest BCUT2D eigenvalue weighted by Crippen LogP contribution is 2.32. The van der Waals surface area contributed by atoms with E-state index in [1.54, 1.807) is 37.4 Å². The van der Waals surface area contributed by atoms with E-state index in [1.165, 1.54) is 13.2 Å². The van der Waals surface area contributed by atoms with Crippen LogP contribution in [0.15, 0.2) is 47.1 Å². The molecule has 2 amide bonds. The molecule has 2 heterocycles. The predicted octanol–water partition coefficient (Wildman–Crippen LogP) is 3.93. The van der Waals surface area contributed by atoms with Gasteiger partial charge in [0, 0.05) is 31.5 Å². The van der Waals surface area contributed by atoms with Crippen LogP contribution in [0.4, 0.5) is 32.2 Å². The Hall–Kier alpha value is -3.66. The number of carbonyl (C=O) groups is 1. The van der Waals surface area contributed by atoms with Gasteiger partial charge in [-0.05, 0) is 19.1 Å². The van der Waals surface area contributed by atoms with Crippen LogP contribution in [-0.2, 0) is 4.74 Å². The summed E-state index contributed by atoms with van der Waals surface area (Å²) in [4.78, 5) is 16.5. The number of anilines is 4. The smallest absolute Gasteiger partial charge is 0.325 e. The van der Waals surface area contributed by atoms with E-state index in [1.807, 2.05) is 0 Å². The van der Waals surface area contributed by atoms with Gasteiger partial charge in [0.05, 0.1) is 18.0 Å². The summed E-state index contributed by atoms with van der Waals surface area (Å²) in [5, 5.41) is 11.8. The number of rotatable bonds is 8. The third kappa shape index (κ3) is 5.66. The van der Waals surface area contributed by atoms with Crippen LogP contribution in [0.1, 0.15) is 5.76 Å². The number of pyridine rings is 1. The van der Waals surface area contributed by atoms with E-state index < -0.39 is 11.8 Å². The number of hydrogen-bond acceptors (Lipinski definition) is 7. The molecule has 0 atom stereocenters. The highest BCUT2D eigenvalue weighted by Gasteiger charge is 2.15. The molecule has 0 aliphatic heterocycles. The third-order valence-corrected chi connectivity index (χ3v) is 3.66. The number of nitrogens with zero attached hydrogens (tertiary/aromatic N) is 2. The number of amides is 2. The maximum atomic E-state index is 14.5. The average molecular weight is 401 g/mol. The third-order valence-electron chi connectivity index (χ3n) is 3.66. The lowest BCUT2D eigenvalue weighted by Gasteiger charge is -2.16. The molecule has 3 rings (SSSR count). The van der Waals surface area contributed by atoms with Crippen LogP contribution in [0.2, 0.25) is 0 Å². The second kappa shape index (κ2) is 9.51. The average Bonchev–Trinajstić information content (AvgIpc) is 3.10. The van der Waals surface area contributed by atoms with Crippen LogP contribution >= 0.6 is 0 Å². The van der Waals surface area contributed by atoms with Crippen molar-refractivity contribution in [1.29, 1.82) is 0 Å². The zero-order valence-corrected chi connectivity index (χ0v) is 15.9. The van der Waals surface area contributed by atoms with E-state index >= 15 is 0 Å². The Morgan fingerprint density at radius 3 is 2.69 bits per heavy atom. The van der Waals surface area contributed by atoms with Crippen molar-refractivity contribution in [3.63, 3.8) is 0 Å². The van der Waals surface area contributed by atoms with Gasteiger partial charge in [-0.15, -0.1) is 0 Å². The van der Waals surface area contributed by atoms with Crippen molar-refractivity contribution < 1.29 is 23.2 Å². The molecule has 3 aromatic rings. The van der Waals surface area contributed by atoms with Crippen molar-refractivity contribution >= 4 is 29.0 Å². The molecule has 152 valence electrons. The molecule has 29 heavy (non-hydrogen) atoms. The molecule has 0 fully saturated rings. The number of aromatic nitrogens is 2. The van der Waals surface area contributed by atoms with Crippen LogP contribution in [-0.4, -0.2) is 36.5 Å². The van der Waals surface area contributed by atoms with Gasteiger partial charge in [-0.1, -0.05) is 11.2 Å². The number of urea groups is 1. The highest BCUT2D eigenvalue weighted by molar-refractivity contribution is 6.01. The van der Waals surface area contributed by atoms with Crippen molar-refractivity contribution in [3.8, 4) is 5.75 Å². The fourth-order valence-electron chi connectivity index (χ4n) is 2.38. The first-order valence-electron chi connectivity index (χ1n) is 8.70. The van der Waals surface area contributed by atoms with Gasteiger partial charge >= 0.3 is 6.03 Å². The molecule has 10 heteroatoms. The Morgan fingerprint density at radius 1 is 1.14 bits per heavy atom. The summed E-state index contributed by atoms with van der Waals surface area (Å²) >= 11 is 0. The Morgan fingerprint density at radius 2 is 2.00 bits per heavy atom. The second-order valence-electron chi connectivity index (χ2n) is 5.91. The van der Waals surface area contributed by atoms with Gasteiger partial charge in [0.1, 0.15) is 18.2 Å². The lowest BCUT2D eigenvalue weighted by atomic mass is 10.2. The first-order chi connectivity index (χ1) is 14.0. The van der Waals surface area contributed by atoms with Gasteiger partial charge in [0.2, 0.25) is 0 Å². The topological polar surface area (TPSA) is 111 Å². The number of halogens is 1. The van der Waals surface area contributed by atoms with E-state index in [2.05, 4.69) is 26.1 Å². The maximum Gasteiger partial charge on any atom is 0.325 e. The monoisotopic (exact) mass is 401 g/mol. The lowest BCUT2D eigenvalue weighted by molar-refractivity contribution is 0.144. The quantitative estimate of drug-likeness (QED) is 0.491. The molecule has 0 aliphatic rings. The fraction of sp³-hybridized carbons (Fsp3) is 0.211. The summed E-state index contributed by atoms with van der Waals surface area (Å²) in [6, 6.07) is 8.83. The second-order valence-corrected chi connectivity index (χ2v) is 5.91. The number of benzene rings is 1. The van der Waals surface area contributed by atoms with Gasteiger partial charge in [0.25, 0.3) is 0 Å². The SMILES string of the molecule is COCCOc1cc(Nc2ccccn2)c(NC(=O)Nc2cc(C)on2)cc1F. The van der Waals surface area contributed by atoms with Crippen LogP contribution in [0.5, 0.6) is 5.75 Å². The van der Waals surface area contributed by atoms with Crippen molar-refractivity contribution in [3.05, 3.63) is 54.2 Å². The van der Waals surface area contributed by atoms with Crippen LogP contribution in [0, 0.1) is 12.7 Å². The molecule has 0 spiro atoms. The van der Waals surface area contributed by atoms with E-state index in [4.69, 9.17) is 14.0 Å². The Kier molecular flexibility index (Phi) is 6.59. The van der Waals surface area contributed by atoms with Crippen molar-refractivity contribution in [2.24, 2.45) is 0 Å². The van der Waals surface area contributed by atoms with E-state index in [0.29, 0.717) is 23.9 Å². The molecule has 9 nitrogen and oxygen atoms in total. The number of nitrogens with one attached hydrogen (secondary N) is 3. The van der Waals surface area contributed by atoms with Gasteiger partial charge in [-0.2, -0.15) is 0 Å². The van der Waals surface area contributed by atoms with Gasteiger partial charge in [-0.25, -0.2) is 14.2 Å². The summed E-state index contributed by atoms with van der Waals surface area (Å²) < 4.78 is 29.7. The minimum atomic E-state index is -0.639. The molecule has 1 aromatic carbocycles. The van der Waals surface area contributed by atoms with Crippen LogP contribution in [0.3, 0.4) is 0 Å². The predicted molar refractivity (Wildman–Crippen MR) is 105 cm³/mol. The normalized spacial score (nSPS) is 10.4. The van der Waals surface area contributed by atoms with Gasteiger partial charge in [-0.3, -0.25) is 5.32 Å². The summed E-state index contributed by atoms with van der Waals surface area (Å²) in [7, 11) is 1.52. The summed E-state index contributed by atoms with van der Waals surface area (Å²) in [6.07, 6.45) is 1.61. The zero-order valence-electron chi connectivity index (χ0n) is 15.9. The maximum absolute atomic E-state index is 14.5. The number of ether oxygens (including phenoxy) is 2. The molecule has 0 saturated heterocycles. The number of aryl methyl sites for hydroxylation is 1. The standard InChI is InChI=1S/C19H20FN5O4/c1-12-9-18(25-29-12)24-19(26)23-14-10-13(20)16(28-8-7-27-2)11-15(14)22-17-5-3-4-6-21-17/h3-6,9-11H,7-8H2,1-2H3,(H,21,22)(H2,23,24,25,26). The molecule has 0 saturated carbocycles. The minimum Gasteiger partial charge on any atom is -0.488 e. The molecule has 0 aliphatic carbocycles. The first-order valence-corrected chi connectivity index (χ1v) is 8.70. The van der Waals surface area contributed by atoms with Crippen molar-refractivity contribution in [1.82, 2.24) is 10.1 Å². The molecule has 0 radical (unpaired) electrons. The number of methoxy groups -OCH3 is 1. The molecule has 3 N–H and O–H groups in total. The van der Waals surface area contributed by atoms with Crippen molar-refractivity contribution in [2.75, 3.05) is 36.3 Å². The van der Waals surface area contributed by atoms with Gasteiger partial charge in [0.15, 0.2) is 17.4 Å². The minimum absolute atomic E-state index is 0.0126. The van der Waals surface area contributed by atoms with Crippen LogP contribution < -0.4 is 20.7 Å². The highest BCUT2D eigenvalue weighted by atomic mass is 19.1. The zero-order chi connectivity index (χ0) is 20.6. The number of hydrogen-bond donors (Lipinski definition) is 3. The van der Waals surface area contributed by atoms with E-state index in [0.717, 1.165) is 6.07 Å². The molecule has 2 aromatic heterocycles. The molecular weight excluding hydrogens is 381 g/mol. The van der Waals surface area contributed by atoms with Crippen molar-refractivity contribution in [2.45, 2.75) is 6.92 Å². The summed E-state index contributed by atoms with van der Waals surface area (Å²) in [6.45, 7) is 2.18. The summed E-state index contributed by atoms with van der Waals surface area (Å²) in [5.41, 5.74) is 0.578. The van der Waals surface area contributed by atoms with Crippen LogP contribution in [0.25, 0.3) is 0 Å².